The summed E-state index contributed by atoms with van der Waals surface area (Å²) in [7, 11) is -2.67. The molecule has 0 saturated carbocycles. The van der Waals surface area contributed by atoms with Gasteiger partial charge in [-0.05, 0) is 48.5 Å². The quantitative estimate of drug-likeness (QED) is 0.530. The van der Waals surface area contributed by atoms with E-state index < -0.39 is 8.07 Å². The lowest BCUT2D eigenvalue weighted by molar-refractivity contribution is 0.501. The third-order valence-corrected chi connectivity index (χ3v) is 9.12. The maximum Gasteiger partial charge on any atom is 0.287 e. The Balaban J connectivity index is 2.02. The summed E-state index contributed by atoms with van der Waals surface area (Å²) in [6, 6.07) is 15.6. The predicted octanol–water partition coefficient (Wildman–Crippen LogP) is 2.87. The van der Waals surface area contributed by atoms with Gasteiger partial charge < -0.3 is 17.7 Å². The van der Waals surface area contributed by atoms with Gasteiger partial charge in [-0.2, -0.15) is 0 Å². The SMILES string of the molecule is CC(c1ccco1)[Si](c1ccco1)(c1ccco1)c1ccco1. The standard InChI is InChI=1S/C18H16O4Si/c1-14(15-6-2-10-19-15)23(16-7-3-11-20-16,17-8-4-12-21-17)18-9-5-13-22-18/h2-14H,1H3. The third kappa shape index (κ3) is 2.04. The van der Waals surface area contributed by atoms with Crippen molar-refractivity contribution in [2.75, 3.05) is 0 Å². The van der Waals surface area contributed by atoms with Crippen molar-refractivity contribution < 1.29 is 17.7 Å². The molecule has 0 aliphatic heterocycles. The lowest BCUT2D eigenvalue weighted by atomic mass is 10.3. The molecule has 0 N–H and O–H groups in total. The second-order valence-corrected chi connectivity index (χ2v) is 9.44. The highest BCUT2D eigenvalue weighted by molar-refractivity contribution is 7.10. The zero-order chi connectivity index (χ0) is 15.7. The lowest BCUT2D eigenvalue weighted by Gasteiger charge is -2.30. The van der Waals surface area contributed by atoms with Crippen LogP contribution < -0.4 is 16.2 Å². The van der Waals surface area contributed by atoms with Gasteiger partial charge in [0.15, 0.2) is 0 Å². The van der Waals surface area contributed by atoms with E-state index in [9.17, 15) is 0 Å². The molecule has 0 aliphatic carbocycles. The van der Waals surface area contributed by atoms with Crippen molar-refractivity contribution in [1.82, 2.24) is 0 Å². The maximum atomic E-state index is 5.87. The fourth-order valence-corrected chi connectivity index (χ4v) is 7.70. The zero-order valence-corrected chi connectivity index (χ0v) is 13.6. The van der Waals surface area contributed by atoms with E-state index in [1.165, 1.54) is 0 Å². The van der Waals surface area contributed by atoms with E-state index in [-0.39, 0.29) is 5.54 Å². The Kier molecular flexibility index (Phi) is 3.35. The highest BCUT2D eigenvalue weighted by Crippen LogP contribution is 2.27. The molecule has 0 amide bonds. The van der Waals surface area contributed by atoms with Crippen LogP contribution in [0.5, 0.6) is 0 Å². The summed E-state index contributed by atoms with van der Waals surface area (Å²) in [6.45, 7) is 2.14. The molecule has 0 saturated heterocycles. The van der Waals surface area contributed by atoms with Gasteiger partial charge in [-0.25, -0.2) is 0 Å². The first kappa shape index (κ1) is 14.0. The molecule has 0 aromatic carbocycles. The van der Waals surface area contributed by atoms with Crippen LogP contribution in [0, 0.1) is 0 Å². The molecule has 0 aliphatic rings. The van der Waals surface area contributed by atoms with E-state index in [0.29, 0.717) is 0 Å². The number of rotatable bonds is 5. The summed E-state index contributed by atoms with van der Waals surface area (Å²) < 4.78 is 23.3. The van der Waals surface area contributed by atoms with Gasteiger partial charge in [-0.15, -0.1) is 0 Å². The van der Waals surface area contributed by atoms with E-state index in [4.69, 9.17) is 17.7 Å². The van der Waals surface area contributed by atoms with E-state index >= 15 is 0 Å². The van der Waals surface area contributed by atoms with Crippen molar-refractivity contribution in [3.05, 3.63) is 79.3 Å². The molecule has 4 aromatic rings. The monoisotopic (exact) mass is 324 g/mol. The molecular formula is C18H16O4Si. The highest BCUT2D eigenvalue weighted by atomic mass is 28.3. The van der Waals surface area contributed by atoms with Crippen LogP contribution in [0.3, 0.4) is 0 Å². The Morgan fingerprint density at radius 2 is 1.09 bits per heavy atom. The summed E-state index contributed by atoms with van der Waals surface area (Å²) in [5.74, 6) is 0.890. The van der Waals surface area contributed by atoms with Crippen molar-refractivity contribution in [3.63, 3.8) is 0 Å². The zero-order valence-electron chi connectivity index (χ0n) is 12.6. The summed E-state index contributed by atoms with van der Waals surface area (Å²) >= 11 is 0. The normalized spacial score (nSPS) is 13.3. The molecule has 5 heteroatoms. The molecule has 4 nitrogen and oxygen atoms in total. The molecular weight excluding hydrogens is 308 g/mol. The second kappa shape index (κ2) is 5.51. The lowest BCUT2D eigenvalue weighted by Crippen LogP contribution is -2.69. The fourth-order valence-electron chi connectivity index (χ4n) is 3.26. The molecule has 4 rings (SSSR count). The Morgan fingerprint density at radius 1 is 0.652 bits per heavy atom. The third-order valence-electron chi connectivity index (χ3n) is 4.35. The predicted molar refractivity (Wildman–Crippen MR) is 87.9 cm³/mol. The molecule has 0 fully saturated rings. The second-order valence-electron chi connectivity index (χ2n) is 5.48. The minimum atomic E-state index is -2.67. The van der Waals surface area contributed by atoms with Gasteiger partial charge in [-0.1, -0.05) is 6.92 Å². The molecule has 0 spiro atoms. The first-order valence-corrected chi connectivity index (χ1v) is 9.56. The van der Waals surface area contributed by atoms with Crippen LogP contribution in [-0.2, 0) is 0 Å². The Morgan fingerprint density at radius 3 is 1.43 bits per heavy atom. The molecule has 1 unspecified atom stereocenters. The minimum absolute atomic E-state index is 0.0425. The van der Waals surface area contributed by atoms with E-state index in [1.807, 2.05) is 48.5 Å². The van der Waals surface area contributed by atoms with E-state index in [2.05, 4.69) is 6.92 Å². The topological polar surface area (TPSA) is 52.6 Å². The van der Waals surface area contributed by atoms with Gasteiger partial charge in [-0.3, -0.25) is 0 Å². The van der Waals surface area contributed by atoms with Crippen LogP contribution in [0.4, 0.5) is 0 Å². The van der Waals surface area contributed by atoms with Crippen LogP contribution in [0.1, 0.15) is 18.2 Å². The van der Waals surface area contributed by atoms with Crippen molar-refractivity contribution in [1.29, 1.82) is 0 Å². The summed E-state index contributed by atoms with van der Waals surface area (Å²) in [5, 5.41) is 2.64. The Bertz CT molecular complexity index is 743. The average Bonchev–Trinajstić information content (AvgIpc) is 3.34. The van der Waals surface area contributed by atoms with Crippen LogP contribution in [0.25, 0.3) is 0 Å². The van der Waals surface area contributed by atoms with Crippen LogP contribution in [-0.4, -0.2) is 8.07 Å². The van der Waals surface area contributed by atoms with Gasteiger partial charge in [0.25, 0.3) is 8.07 Å². The number of furan rings is 4. The van der Waals surface area contributed by atoms with Gasteiger partial charge in [0.05, 0.1) is 25.1 Å². The minimum Gasteiger partial charge on any atom is -0.473 e. The molecule has 0 bridgehead atoms. The molecule has 4 heterocycles. The largest absolute Gasteiger partial charge is 0.473 e. The molecule has 116 valence electrons. The van der Waals surface area contributed by atoms with Gasteiger partial charge >= 0.3 is 0 Å². The van der Waals surface area contributed by atoms with Gasteiger partial charge in [0, 0.05) is 5.54 Å². The highest BCUT2D eigenvalue weighted by Gasteiger charge is 2.54. The Labute approximate surface area is 134 Å². The average molecular weight is 324 g/mol. The molecule has 23 heavy (non-hydrogen) atoms. The maximum absolute atomic E-state index is 5.87. The molecule has 1 atom stereocenters. The number of hydrogen-bond donors (Lipinski definition) is 0. The van der Waals surface area contributed by atoms with Crippen molar-refractivity contribution in [2.24, 2.45) is 0 Å². The van der Waals surface area contributed by atoms with E-state index in [1.54, 1.807) is 25.1 Å². The Hall–Kier alpha value is -2.66. The van der Waals surface area contributed by atoms with Gasteiger partial charge in [0.1, 0.15) is 21.9 Å². The summed E-state index contributed by atoms with van der Waals surface area (Å²) in [6.07, 6.45) is 6.77. The van der Waals surface area contributed by atoms with E-state index in [0.717, 1.165) is 21.9 Å². The van der Waals surface area contributed by atoms with Crippen LogP contribution in [0.2, 0.25) is 0 Å². The van der Waals surface area contributed by atoms with Crippen molar-refractivity contribution >= 4 is 24.2 Å². The summed E-state index contributed by atoms with van der Waals surface area (Å²) in [5.41, 5.74) is 0.0425. The fraction of sp³-hybridized carbons (Fsp3) is 0.111. The molecule has 4 aromatic heterocycles. The van der Waals surface area contributed by atoms with Crippen molar-refractivity contribution in [3.8, 4) is 0 Å². The van der Waals surface area contributed by atoms with Crippen LogP contribution in [0.15, 0.2) is 91.3 Å². The number of hydrogen-bond acceptors (Lipinski definition) is 4. The van der Waals surface area contributed by atoms with Crippen LogP contribution >= 0.6 is 0 Å². The molecule has 0 radical (unpaired) electrons. The van der Waals surface area contributed by atoms with Gasteiger partial charge in [0.2, 0.25) is 0 Å². The summed E-state index contributed by atoms with van der Waals surface area (Å²) in [4.78, 5) is 0. The van der Waals surface area contributed by atoms with Crippen molar-refractivity contribution in [2.45, 2.75) is 12.5 Å². The smallest absolute Gasteiger partial charge is 0.287 e. The first-order chi connectivity index (χ1) is 11.3. The first-order valence-electron chi connectivity index (χ1n) is 7.49.